The molecule has 0 atom stereocenters. The summed E-state index contributed by atoms with van der Waals surface area (Å²) in [5, 5.41) is 8.72. The van der Waals surface area contributed by atoms with Crippen LogP contribution in [0, 0.1) is 0 Å². The minimum Gasteiger partial charge on any atom is -0.309 e. The van der Waals surface area contributed by atoms with E-state index in [1.165, 1.54) is 49.7 Å². The van der Waals surface area contributed by atoms with Crippen LogP contribution in [0.2, 0.25) is 0 Å². The predicted molar refractivity (Wildman–Crippen MR) is 238 cm³/mol. The monoisotopic (exact) mass is 716 g/mol. The number of fused-ring (bicyclic) bond motifs is 7. The van der Waals surface area contributed by atoms with Crippen LogP contribution in [0.3, 0.4) is 0 Å². The standard InChI is InChI=1S/C55H37N/c1-55(2)48-30-24-38(34-12-5-3-6-13-34)33-47(48)45-29-31-50-53(54(45)55)46-18-9-10-19-49(46)56(50)40-17-11-16-39(32-40)42-26-21-37-22-27-43-41(35-14-7-4-8-15-35)25-20-36-23-28-44(42)52(37)51(36)43/h3-33H,1-2H3/i4D,7D,8D,14D,15D. The van der Waals surface area contributed by atoms with Gasteiger partial charge >= 0.3 is 0 Å². The minimum atomic E-state index is -0.389. The molecule has 1 heteroatoms. The molecule has 0 bridgehead atoms. The molecule has 0 spiro atoms. The number of hydrogen-bond donors (Lipinski definition) is 0. The van der Waals surface area contributed by atoms with Gasteiger partial charge in [-0.1, -0.05) is 171 Å². The van der Waals surface area contributed by atoms with E-state index in [-0.39, 0.29) is 41.2 Å². The lowest BCUT2D eigenvalue weighted by atomic mass is 9.80. The first-order valence-corrected chi connectivity index (χ1v) is 19.3. The largest absolute Gasteiger partial charge is 0.309 e. The maximum atomic E-state index is 8.78. The van der Waals surface area contributed by atoms with Crippen molar-refractivity contribution in [1.82, 2.24) is 4.57 Å². The van der Waals surface area contributed by atoms with Crippen LogP contribution in [-0.2, 0) is 5.41 Å². The zero-order chi connectivity index (χ0) is 41.5. The zero-order valence-electron chi connectivity index (χ0n) is 36.0. The Hall–Kier alpha value is -6.96. The highest BCUT2D eigenvalue weighted by Crippen LogP contribution is 2.54. The van der Waals surface area contributed by atoms with Crippen LogP contribution in [-0.4, -0.2) is 4.57 Å². The van der Waals surface area contributed by atoms with Crippen LogP contribution in [0.1, 0.15) is 31.8 Å². The van der Waals surface area contributed by atoms with Gasteiger partial charge in [0.25, 0.3) is 0 Å². The summed E-state index contributed by atoms with van der Waals surface area (Å²) in [6.45, 7) is 4.74. The minimum absolute atomic E-state index is 0.196. The Morgan fingerprint density at radius 2 is 1.09 bits per heavy atom. The van der Waals surface area contributed by atoms with Crippen molar-refractivity contribution in [2.24, 2.45) is 0 Å². The van der Waals surface area contributed by atoms with Gasteiger partial charge in [0.1, 0.15) is 0 Å². The molecule has 1 aliphatic rings. The number of benzene rings is 10. The van der Waals surface area contributed by atoms with E-state index in [0.29, 0.717) is 5.56 Å². The molecule has 1 aromatic heterocycles. The van der Waals surface area contributed by atoms with Crippen LogP contribution < -0.4 is 0 Å². The Bertz CT molecular complexity index is 3640. The van der Waals surface area contributed by atoms with Gasteiger partial charge in [0.2, 0.25) is 0 Å². The molecule has 0 aliphatic heterocycles. The molecule has 1 aliphatic carbocycles. The van der Waals surface area contributed by atoms with Crippen LogP contribution in [0.15, 0.2) is 188 Å². The summed E-state index contributed by atoms with van der Waals surface area (Å²) in [6, 6.07) is 55.2. The lowest BCUT2D eigenvalue weighted by molar-refractivity contribution is 0.666. The first-order chi connectivity index (χ1) is 29.6. The van der Waals surface area contributed by atoms with Gasteiger partial charge < -0.3 is 4.57 Å². The molecule has 0 N–H and O–H groups in total. The molecule has 0 unspecified atom stereocenters. The van der Waals surface area contributed by atoms with E-state index in [2.05, 4.69) is 158 Å². The van der Waals surface area contributed by atoms with Crippen molar-refractivity contribution in [3.63, 3.8) is 0 Å². The van der Waals surface area contributed by atoms with Crippen LogP contribution in [0.5, 0.6) is 0 Å². The Morgan fingerprint density at radius 3 is 1.86 bits per heavy atom. The second kappa shape index (κ2) is 11.5. The number of rotatable bonds is 4. The molecule has 0 saturated heterocycles. The number of para-hydroxylation sites is 1. The highest BCUT2D eigenvalue weighted by Gasteiger charge is 2.38. The summed E-state index contributed by atoms with van der Waals surface area (Å²) in [6.07, 6.45) is 0. The third-order valence-corrected chi connectivity index (χ3v) is 12.4. The summed E-state index contributed by atoms with van der Waals surface area (Å²) in [4.78, 5) is 0. The van der Waals surface area contributed by atoms with Gasteiger partial charge in [-0.15, -0.1) is 0 Å². The number of hydrogen-bond acceptors (Lipinski definition) is 0. The quantitative estimate of drug-likeness (QED) is 0.160. The van der Waals surface area contributed by atoms with Crippen molar-refractivity contribution in [2.75, 3.05) is 0 Å². The first kappa shape index (κ1) is 26.8. The molecule has 56 heavy (non-hydrogen) atoms. The van der Waals surface area contributed by atoms with Gasteiger partial charge in [-0.2, -0.15) is 0 Å². The lowest BCUT2D eigenvalue weighted by Gasteiger charge is -2.23. The first-order valence-electron chi connectivity index (χ1n) is 21.8. The van der Waals surface area contributed by atoms with Crippen LogP contribution >= 0.6 is 0 Å². The molecule has 1 heterocycles. The van der Waals surface area contributed by atoms with Gasteiger partial charge in [0.15, 0.2) is 0 Å². The van der Waals surface area contributed by atoms with E-state index >= 15 is 0 Å². The van der Waals surface area contributed by atoms with E-state index in [9.17, 15) is 0 Å². The predicted octanol–water partition coefficient (Wildman–Crippen LogP) is 15.0. The molecular formula is C55H37N. The Kier molecular flexibility index (Phi) is 5.51. The summed E-state index contributed by atoms with van der Waals surface area (Å²) in [5.41, 5.74) is 14.0. The van der Waals surface area contributed by atoms with Crippen molar-refractivity contribution in [3.8, 4) is 50.2 Å². The molecule has 0 radical (unpaired) electrons. The maximum Gasteiger partial charge on any atom is 0.0629 e. The van der Waals surface area contributed by atoms with E-state index in [0.717, 1.165) is 54.6 Å². The zero-order valence-corrected chi connectivity index (χ0v) is 31.0. The fraction of sp³-hybridized carbons (Fsp3) is 0.0545. The molecule has 0 fully saturated rings. The third-order valence-electron chi connectivity index (χ3n) is 12.4. The molecule has 10 aromatic carbocycles. The topological polar surface area (TPSA) is 4.93 Å². The van der Waals surface area contributed by atoms with Crippen molar-refractivity contribution in [3.05, 3.63) is 199 Å². The average Bonchev–Trinajstić information content (AvgIpc) is 3.75. The molecule has 262 valence electrons. The van der Waals surface area contributed by atoms with E-state index in [4.69, 9.17) is 6.85 Å². The summed E-state index contributed by atoms with van der Waals surface area (Å²) < 4.78 is 44.9. The number of aromatic nitrogens is 1. The van der Waals surface area contributed by atoms with E-state index in [1.807, 2.05) is 18.2 Å². The second-order valence-electron chi connectivity index (χ2n) is 15.7. The van der Waals surface area contributed by atoms with Gasteiger partial charge in [-0.3, -0.25) is 0 Å². The van der Waals surface area contributed by atoms with Crippen molar-refractivity contribution >= 4 is 54.1 Å². The third kappa shape index (κ3) is 4.31. The fourth-order valence-corrected chi connectivity index (χ4v) is 9.94. The van der Waals surface area contributed by atoms with Gasteiger partial charge in [-0.05, 0) is 118 Å². The van der Waals surface area contributed by atoms with Crippen molar-refractivity contribution in [1.29, 1.82) is 0 Å². The van der Waals surface area contributed by atoms with Crippen LogP contribution in [0.25, 0.3) is 104 Å². The van der Waals surface area contributed by atoms with Crippen LogP contribution in [0.4, 0.5) is 0 Å². The molecule has 0 saturated carbocycles. The fourth-order valence-electron chi connectivity index (χ4n) is 9.94. The second-order valence-corrected chi connectivity index (χ2v) is 15.7. The van der Waals surface area contributed by atoms with E-state index < -0.39 is 0 Å². The Labute approximate surface area is 333 Å². The Morgan fingerprint density at radius 1 is 0.429 bits per heavy atom. The summed E-state index contributed by atoms with van der Waals surface area (Å²) in [7, 11) is 0. The average molecular weight is 717 g/mol. The summed E-state index contributed by atoms with van der Waals surface area (Å²) >= 11 is 0. The highest BCUT2D eigenvalue weighted by molar-refractivity contribution is 6.27. The molecule has 1 nitrogen and oxygen atoms in total. The molecule has 11 aromatic rings. The van der Waals surface area contributed by atoms with Gasteiger partial charge in [-0.25, -0.2) is 0 Å². The lowest BCUT2D eigenvalue weighted by Crippen LogP contribution is -2.15. The van der Waals surface area contributed by atoms with Gasteiger partial charge in [0, 0.05) is 21.9 Å². The highest BCUT2D eigenvalue weighted by atomic mass is 15.0. The Balaban J connectivity index is 1.05. The van der Waals surface area contributed by atoms with E-state index in [1.54, 1.807) is 0 Å². The molecule has 12 rings (SSSR count). The maximum absolute atomic E-state index is 8.78. The molecular weight excluding hydrogens is 675 g/mol. The van der Waals surface area contributed by atoms with Crippen molar-refractivity contribution < 1.29 is 6.85 Å². The van der Waals surface area contributed by atoms with Crippen molar-refractivity contribution in [2.45, 2.75) is 19.3 Å². The molecule has 0 amide bonds. The number of nitrogens with zero attached hydrogens (tertiary/aromatic N) is 1. The smallest absolute Gasteiger partial charge is 0.0629 e. The SMILES string of the molecule is [2H]c1c([2H])c([2H])c(-c2ccc3ccc4c(-c5cccc(-n6c7ccccc7c7c8c(ccc76)-c6cc(-c7ccccc7)ccc6C8(C)C)c5)ccc5ccc2c3c54)c([2H])c1[2H]. The summed E-state index contributed by atoms with van der Waals surface area (Å²) in [5.74, 6) is 0. The normalized spacial score (nSPS) is 14.6. The van der Waals surface area contributed by atoms with Gasteiger partial charge in [0.05, 0.1) is 17.9 Å².